The van der Waals surface area contributed by atoms with Crippen molar-refractivity contribution in [2.75, 3.05) is 13.2 Å². The van der Waals surface area contributed by atoms with Crippen LogP contribution in [0, 0.1) is 5.92 Å². The average Bonchev–Trinajstić information content (AvgIpc) is 2.26. The lowest BCUT2D eigenvalue weighted by Gasteiger charge is -2.28. The molecule has 16 heavy (non-hydrogen) atoms. The maximum Gasteiger partial charge on any atom is 0.0507 e. The normalized spacial score (nSPS) is 25.7. The molecule has 0 amide bonds. The molecule has 1 nitrogen and oxygen atoms in total. The van der Waals surface area contributed by atoms with E-state index in [0.29, 0.717) is 11.2 Å². The molecule has 1 aliphatic rings. The van der Waals surface area contributed by atoms with Gasteiger partial charge < -0.3 is 4.74 Å². The van der Waals surface area contributed by atoms with Crippen LogP contribution in [0.2, 0.25) is 10.0 Å². The van der Waals surface area contributed by atoms with E-state index in [-0.39, 0.29) is 0 Å². The van der Waals surface area contributed by atoms with Crippen molar-refractivity contribution in [3.05, 3.63) is 33.8 Å². The monoisotopic (exact) mass is 276 g/mol. The second-order valence-corrected chi connectivity index (χ2v) is 5.57. The first-order valence-corrected chi connectivity index (χ1v) is 6.64. The number of rotatable bonds is 2. The third-order valence-corrected chi connectivity index (χ3v) is 4.35. The summed E-state index contributed by atoms with van der Waals surface area (Å²) in [6, 6.07) is 5.61. The van der Waals surface area contributed by atoms with Gasteiger partial charge in [0.2, 0.25) is 0 Å². The highest BCUT2D eigenvalue weighted by Crippen LogP contribution is 2.31. The van der Waals surface area contributed by atoms with Crippen LogP contribution >= 0.6 is 35.8 Å². The highest BCUT2D eigenvalue weighted by atomic mass is 35.5. The summed E-state index contributed by atoms with van der Waals surface area (Å²) in [4.78, 5) is 0. The summed E-state index contributed by atoms with van der Waals surface area (Å²) in [6.07, 6.45) is 1.84. The molecular weight excluding hydrogens is 263 g/mol. The zero-order chi connectivity index (χ0) is 11.5. The van der Waals surface area contributed by atoms with Gasteiger partial charge in [-0.05, 0) is 36.5 Å². The van der Waals surface area contributed by atoms with E-state index < -0.39 is 0 Å². The Labute approximate surface area is 111 Å². The fraction of sp³-hybridized carbons (Fsp3) is 0.500. The van der Waals surface area contributed by atoms with Gasteiger partial charge >= 0.3 is 0 Å². The highest BCUT2D eigenvalue weighted by molar-refractivity contribution is 7.81. The second-order valence-electron chi connectivity index (χ2n) is 4.10. The third-order valence-electron chi connectivity index (χ3n) is 2.96. The molecule has 0 bridgehead atoms. The van der Waals surface area contributed by atoms with E-state index in [0.717, 1.165) is 41.7 Å². The Balaban J connectivity index is 2.13. The van der Waals surface area contributed by atoms with Crippen molar-refractivity contribution < 1.29 is 4.74 Å². The summed E-state index contributed by atoms with van der Waals surface area (Å²) in [7, 11) is 0. The number of ether oxygens (including phenoxy) is 1. The van der Waals surface area contributed by atoms with Crippen molar-refractivity contribution in [1.82, 2.24) is 0 Å². The Morgan fingerprint density at radius 2 is 2.00 bits per heavy atom. The topological polar surface area (TPSA) is 9.23 Å². The van der Waals surface area contributed by atoms with E-state index in [2.05, 4.69) is 12.6 Å². The van der Waals surface area contributed by atoms with Gasteiger partial charge in [-0.2, -0.15) is 12.6 Å². The zero-order valence-corrected chi connectivity index (χ0v) is 11.2. The van der Waals surface area contributed by atoms with E-state index in [9.17, 15) is 0 Å². The Bertz CT molecular complexity index is 350. The minimum Gasteiger partial charge on any atom is -0.381 e. The quantitative estimate of drug-likeness (QED) is 0.807. The Hall–Kier alpha value is 0.110. The van der Waals surface area contributed by atoms with Crippen LogP contribution < -0.4 is 0 Å². The summed E-state index contributed by atoms with van der Waals surface area (Å²) in [5.41, 5.74) is 1.01. The molecule has 88 valence electrons. The molecule has 0 unspecified atom stereocenters. The Kier molecular flexibility index (Phi) is 4.42. The molecule has 0 aliphatic carbocycles. The molecule has 1 heterocycles. The van der Waals surface area contributed by atoms with Crippen molar-refractivity contribution in [3.63, 3.8) is 0 Å². The molecule has 1 aliphatic heterocycles. The van der Waals surface area contributed by atoms with Gasteiger partial charge in [-0.3, -0.25) is 0 Å². The largest absolute Gasteiger partial charge is 0.381 e. The van der Waals surface area contributed by atoms with Crippen LogP contribution in [0.25, 0.3) is 0 Å². The summed E-state index contributed by atoms with van der Waals surface area (Å²) < 4.78 is 5.47. The molecule has 4 heteroatoms. The predicted octanol–water partition coefficient (Wildman–Crippen LogP) is 3.87. The van der Waals surface area contributed by atoms with Crippen molar-refractivity contribution >= 4 is 35.8 Å². The van der Waals surface area contributed by atoms with E-state index in [1.54, 1.807) is 0 Å². The lowest BCUT2D eigenvalue weighted by Crippen LogP contribution is -2.29. The van der Waals surface area contributed by atoms with Gasteiger partial charge in [0.15, 0.2) is 0 Å². The molecular formula is C12H14Cl2OS. The van der Waals surface area contributed by atoms with Crippen molar-refractivity contribution in [2.45, 2.75) is 18.1 Å². The van der Waals surface area contributed by atoms with E-state index in [4.69, 9.17) is 27.9 Å². The fourth-order valence-electron chi connectivity index (χ4n) is 1.97. The first-order chi connectivity index (χ1) is 7.68. The number of benzene rings is 1. The smallest absolute Gasteiger partial charge is 0.0507 e. The van der Waals surface area contributed by atoms with Gasteiger partial charge in [0.1, 0.15) is 0 Å². The Morgan fingerprint density at radius 3 is 2.62 bits per heavy atom. The van der Waals surface area contributed by atoms with Crippen LogP contribution in [0.3, 0.4) is 0 Å². The molecule has 0 aromatic heterocycles. The van der Waals surface area contributed by atoms with Gasteiger partial charge in [-0.15, -0.1) is 0 Å². The standard InChI is InChI=1S/C12H14Cl2OS/c13-10-2-1-3-11(14)9(10)6-8-7-15-5-4-12(8)16/h1-3,8,12,16H,4-7H2/t8-,12+/m1/s1. The molecule has 1 fully saturated rings. The molecule has 1 saturated heterocycles. The van der Waals surface area contributed by atoms with Gasteiger partial charge in [-0.1, -0.05) is 29.3 Å². The zero-order valence-electron chi connectivity index (χ0n) is 8.83. The number of halogens is 2. The summed E-state index contributed by atoms with van der Waals surface area (Å²) in [5.74, 6) is 0.398. The highest BCUT2D eigenvalue weighted by Gasteiger charge is 2.24. The molecule has 1 aromatic carbocycles. The molecule has 0 radical (unpaired) electrons. The maximum absolute atomic E-state index is 6.15. The lowest BCUT2D eigenvalue weighted by atomic mass is 9.93. The summed E-state index contributed by atoms with van der Waals surface area (Å²) >= 11 is 16.9. The SMILES string of the molecule is S[C@H]1CCOC[C@H]1Cc1c(Cl)cccc1Cl. The first kappa shape index (κ1) is 12.6. The van der Waals surface area contributed by atoms with Crippen molar-refractivity contribution in [1.29, 1.82) is 0 Å². The molecule has 0 saturated carbocycles. The van der Waals surface area contributed by atoms with E-state index in [1.807, 2.05) is 18.2 Å². The van der Waals surface area contributed by atoms with Crippen molar-refractivity contribution in [3.8, 4) is 0 Å². The average molecular weight is 277 g/mol. The molecule has 0 N–H and O–H groups in total. The van der Waals surface area contributed by atoms with Crippen LogP contribution in [0.15, 0.2) is 18.2 Å². The molecule has 0 spiro atoms. The lowest BCUT2D eigenvalue weighted by molar-refractivity contribution is 0.0597. The fourth-order valence-corrected chi connectivity index (χ4v) is 2.82. The molecule has 2 atom stereocenters. The van der Waals surface area contributed by atoms with Crippen molar-refractivity contribution in [2.24, 2.45) is 5.92 Å². The van der Waals surface area contributed by atoms with Crippen LogP contribution in [0.5, 0.6) is 0 Å². The summed E-state index contributed by atoms with van der Waals surface area (Å²) in [5, 5.41) is 1.85. The minimum absolute atomic E-state index is 0.376. The van der Waals surface area contributed by atoms with Gasteiger partial charge in [-0.25, -0.2) is 0 Å². The van der Waals surface area contributed by atoms with Gasteiger partial charge in [0.05, 0.1) is 6.61 Å². The molecule has 2 rings (SSSR count). The van der Waals surface area contributed by atoms with Gasteiger partial charge in [0.25, 0.3) is 0 Å². The molecule has 1 aromatic rings. The first-order valence-electron chi connectivity index (χ1n) is 5.37. The maximum atomic E-state index is 6.15. The number of hydrogen-bond acceptors (Lipinski definition) is 2. The van der Waals surface area contributed by atoms with E-state index >= 15 is 0 Å². The second kappa shape index (κ2) is 5.63. The van der Waals surface area contributed by atoms with E-state index in [1.165, 1.54) is 0 Å². The number of thiol groups is 1. The number of hydrogen-bond donors (Lipinski definition) is 1. The third kappa shape index (κ3) is 2.86. The van der Waals surface area contributed by atoms with Crippen LogP contribution in [0.1, 0.15) is 12.0 Å². The van der Waals surface area contributed by atoms with Crippen LogP contribution in [-0.2, 0) is 11.2 Å². The van der Waals surface area contributed by atoms with Crippen LogP contribution in [-0.4, -0.2) is 18.5 Å². The van der Waals surface area contributed by atoms with Crippen LogP contribution in [0.4, 0.5) is 0 Å². The van der Waals surface area contributed by atoms with Gasteiger partial charge in [0, 0.05) is 21.9 Å². The Morgan fingerprint density at radius 1 is 1.31 bits per heavy atom. The predicted molar refractivity (Wildman–Crippen MR) is 71.9 cm³/mol. The minimum atomic E-state index is 0.376. The summed E-state index contributed by atoms with van der Waals surface area (Å²) in [6.45, 7) is 1.55.